The Labute approximate surface area is 81.9 Å². The van der Waals surface area contributed by atoms with Gasteiger partial charge in [0.1, 0.15) is 0 Å². The van der Waals surface area contributed by atoms with Crippen molar-refractivity contribution in [3.05, 3.63) is 0 Å². The standard InChI is InChI=1S/C12H22O/c1-3-9(2)13-8-12-7-10-4-5-11(12)6-10/h9-12H,3-8H2,1-2H3/t9?,10-,11+,12-/m1/s1. The summed E-state index contributed by atoms with van der Waals surface area (Å²) in [6.45, 7) is 5.43. The van der Waals surface area contributed by atoms with Gasteiger partial charge in [-0.3, -0.25) is 0 Å². The molecule has 0 aromatic rings. The first-order valence-electron chi connectivity index (χ1n) is 5.91. The van der Waals surface area contributed by atoms with Crippen LogP contribution in [-0.4, -0.2) is 12.7 Å². The van der Waals surface area contributed by atoms with E-state index in [1.54, 1.807) is 0 Å². The Hall–Kier alpha value is -0.0400. The van der Waals surface area contributed by atoms with Crippen LogP contribution in [0.3, 0.4) is 0 Å². The number of rotatable bonds is 4. The lowest BCUT2D eigenvalue weighted by molar-refractivity contribution is 0.0246. The zero-order valence-corrected chi connectivity index (χ0v) is 8.96. The highest BCUT2D eigenvalue weighted by Gasteiger charge is 2.39. The van der Waals surface area contributed by atoms with E-state index in [1.165, 1.54) is 25.7 Å². The number of fused-ring (bicyclic) bond motifs is 2. The van der Waals surface area contributed by atoms with Crippen molar-refractivity contribution in [2.24, 2.45) is 17.8 Å². The predicted octanol–water partition coefficient (Wildman–Crippen LogP) is 3.24. The molecule has 1 heteroatoms. The maximum Gasteiger partial charge on any atom is 0.0544 e. The van der Waals surface area contributed by atoms with E-state index in [2.05, 4.69) is 13.8 Å². The van der Waals surface area contributed by atoms with E-state index in [9.17, 15) is 0 Å². The van der Waals surface area contributed by atoms with Crippen LogP contribution in [0.1, 0.15) is 46.0 Å². The molecular formula is C12H22O. The topological polar surface area (TPSA) is 9.23 Å². The molecule has 1 nitrogen and oxygen atoms in total. The van der Waals surface area contributed by atoms with E-state index in [0.29, 0.717) is 6.10 Å². The second-order valence-electron chi connectivity index (χ2n) is 4.99. The molecule has 1 unspecified atom stereocenters. The average Bonchev–Trinajstić information content (AvgIpc) is 2.74. The number of ether oxygens (including phenoxy) is 1. The fourth-order valence-corrected chi connectivity index (χ4v) is 2.99. The molecule has 2 rings (SSSR count). The third kappa shape index (κ3) is 2.07. The Morgan fingerprint density at radius 1 is 1.31 bits per heavy atom. The highest BCUT2D eigenvalue weighted by molar-refractivity contribution is 4.89. The molecule has 2 aliphatic carbocycles. The summed E-state index contributed by atoms with van der Waals surface area (Å²) in [5.74, 6) is 3.00. The summed E-state index contributed by atoms with van der Waals surface area (Å²) in [5, 5.41) is 0. The van der Waals surface area contributed by atoms with E-state index < -0.39 is 0 Å². The second-order valence-corrected chi connectivity index (χ2v) is 4.99. The third-order valence-electron chi connectivity index (χ3n) is 4.05. The maximum absolute atomic E-state index is 5.83. The minimum absolute atomic E-state index is 0.471. The van der Waals surface area contributed by atoms with Gasteiger partial charge >= 0.3 is 0 Å². The molecule has 13 heavy (non-hydrogen) atoms. The molecule has 2 bridgehead atoms. The summed E-state index contributed by atoms with van der Waals surface area (Å²) in [5.41, 5.74) is 0. The Balaban J connectivity index is 1.71. The van der Waals surface area contributed by atoms with E-state index in [0.717, 1.165) is 30.8 Å². The van der Waals surface area contributed by atoms with Crippen LogP contribution < -0.4 is 0 Å². The molecule has 2 fully saturated rings. The van der Waals surface area contributed by atoms with Crippen LogP contribution in [0.4, 0.5) is 0 Å². The Kier molecular flexibility index (Phi) is 2.92. The minimum Gasteiger partial charge on any atom is -0.378 e. The van der Waals surface area contributed by atoms with Crippen LogP contribution in [0.25, 0.3) is 0 Å². The van der Waals surface area contributed by atoms with Gasteiger partial charge in [0.25, 0.3) is 0 Å². The highest BCUT2D eigenvalue weighted by Crippen LogP contribution is 2.48. The lowest BCUT2D eigenvalue weighted by Crippen LogP contribution is -2.20. The van der Waals surface area contributed by atoms with Crippen LogP contribution in [0.5, 0.6) is 0 Å². The van der Waals surface area contributed by atoms with Crippen molar-refractivity contribution in [1.82, 2.24) is 0 Å². The SMILES string of the molecule is CCC(C)OC[C@H]1C[C@@H]2CC[C@H]1C2. The van der Waals surface area contributed by atoms with Crippen molar-refractivity contribution in [3.8, 4) is 0 Å². The molecule has 4 atom stereocenters. The summed E-state index contributed by atoms with van der Waals surface area (Å²) >= 11 is 0. The molecule has 2 saturated carbocycles. The van der Waals surface area contributed by atoms with Gasteiger partial charge in [0.15, 0.2) is 0 Å². The first kappa shape index (κ1) is 9.51. The fourth-order valence-electron chi connectivity index (χ4n) is 2.99. The van der Waals surface area contributed by atoms with Crippen LogP contribution in [0.2, 0.25) is 0 Å². The van der Waals surface area contributed by atoms with Gasteiger partial charge in [-0.1, -0.05) is 13.3 Å². The Bertz CT molecular complexity index is 167. The molecule has 76 valence electrons. The predicted molar refractivity (Wildman–Crippen MR) is 54.6 cm³/mol. The summed E-state index contributed by atoms with van der Waals surface area (Å²) in [6, 6.07) is 0. The average molecular weight is 182 g/mol. The zero-order chi connectivity index (χ0) is 9.26. The van der Waals surface area contributed by atoms with E-state index in [-0.39, 0.29) is 0 Å². The van der Waals surface area contributed by atoms with Gasteiger partial charge in [0, 0.05) is 0 Å². The molecule has 0 amide bonds. The van der Waals surface area contributed by atoms with E-state index in [4.69, 9.17) is 4.74 Å². The Morgan fingerprint density at radius 3 is 2.69 bits per heavy atom. The van der Waals surface area contributed by atoms with E-state index >= 15 is 0 Å². The van der Waals surface area contributed by atoms with E-state index in [1.807, 2.05) is 0 Å². The molecular weight excluding hydrogens is 160 g/mol. The first-order chi connectivity index (χ1) is 6.29. The molecule has 0 heterocycles. The summed E-state index contributed by atoms with van der Waals surface area (Å²) in [6.07, 6.45) is 7.58. The quantitative estimate of drug-likeness (QED) is 0.648. The first-order valence-corrected chi connectivity index (χ1v) is 5.91. The smallest absolute Gasteiger partial charge is 0.0544 e. The Morgan fingerprint density at radius 2 is 2.15 bits per heavy atom. The van der Waals surface area contributed by atoms with Gasteiger partial charge in [0.05, 0.1) is 12.7 Å². The van der Waals surface area contributed by atoms with Crippen molar-refractivity contribution in [2.45, 2.75) is 52.1 Å². The minimum atomic E-state index is 0.471. The second kappa shape index (κ2) is 4.00. The van der Waals surface area contributed by atoms with Gasteiger partial charge < -0.3 is 4.74 Å². The number of hydrogen-bond acceptors (Lipinski definition) is 1. The van der Waals surface area contributed by atoms with Crippen LogP contribution in [-0.2, 0) is 4.74 Å². The largest absolute Gasteiger partial charge is 0.378 e. The zero-order valence-electron chi connectivity index (χ0n) is 8.96. The van der Waals surface area contributed by atoms with Crippen molar-refractivity contribution in [3.63, 3.8) is 0 Å². The van der Waals surface area contributed by atoms with Crippen molar-refractivity contribution < 1.29 is 4.74 Å². The van der Waals surface area contributed by atoms with Crippen LogP contribution in [0.15, 0.2) is 0 Å². The van der Waals surface area contributed by atoms with Crippen LogP contribution in [0, 0.1) is 17.8 Å². The highest BCUT2D eigenvalue weighted by atomic mass is 16.5. The van der Waals surface area contributed by atoms with Crippen molar-refractivity contribution in [1.29, 1.82) is 0 Å². The van der Waals surface area contributed by atoms with Gasteiger partial charge in [-0.15, -0.1) is 0 Å². The summed E-state index contributed by atoms with van der Waals surface area (Å²) in [4.78, 5) is 0. The monoisotopic (exact) mass is 182 g/mol. The molecule has 0 aliphatic heterocycles. The maximum atomic E-state index is 5.83. The van der Waals surface area contributed by atoms with Crippen molar-refractivity contribution >= 4 is 0 Å². The summed E-state index contributed by atoms with van der Waals surface area (Å²) < 4.78 is 5.83. The van der Waals surface area contributed by atoms with Gasteiger partial charge in [-0.05, 0) is 50.4 Å². The molecule has 0 radical (unpaired) electrons. The molecule has 0 aromatic heterocycles. The molecule has 0 spiro atoms. The lowest BCUT2D eigenvalue weighted by Gasteiger charge is -2.23. The molecule has 0 saturated heterocycles. The normalized spacial score (nSPS) is 39.7. The summed E-state index contributed by atoms with van der Waals surface area (Å²) in [7, 11) is 0. The third-order valence-corrected chi connectivity index (χ3v) is 4.05. The fraction of sp³-hybridized carbons (Fsp3) is 1.00. The molecule has 0 N–H and O–H groups in total. The van der Waals surface area contributed by atoms with Gasteiger partial charge in [-0.2, -0.15) is 0 Å². The number of hydrogen-bond donors (Lipinski definition) is 0. The lowest BCUT2D eigenvalue weighted by atomic mass is 9.89. The van der Waals surface area contributed by atoms with Crippen LogP contribution >= 0.6 is 0 Å². The van der Waals surface area contributed by atoms with Gasteiger partial charge in [0.2, 0.25) is 0 Å². The molecule has 2 aliphatic rings. The van der Waals surface area contributed by atoms with Gasteiger partial charge in [-0.25, -0.2) is 0 Å². The van der Waals surface area contributed by atoms with Crippen molar-refractivity contribution in [2.75, 3.05) is 6.61 Å². The molecule has 0 aromatic carbocycles.